The average molecular weight is 394 g/mol. The second kappa shape index (κ2) is 8.71. The molecule has 3 rings (SSSR count). The monoisotopic (exact) mass is 394 g/mol. The van der Waals surface area contributed by atoms with Gasteiger partial charge in [0.15, 0.2) is 6.61 Å². The number of aryl methyl sites for hydroxylation is 3. The molecule has 0 saturated carbocycles. The van der Waals surface area contributed by atoms with E-state index in [-0.39, 0.29) is 18.4 Å². The molecule has 1 heterocycles. The number of ether oxygens (including phenoxy) is 1. The maximum Gasteiger partial charge on any atom is 0.265 e. The summed E-state index contributed by atoms with van der Waals surface area (Å²) in [5, 5.41) is 7.56. The second-order valence-corrected chi connectivity index (χ2v) is 7.47. The van der Waals surface area contributed by atoms with Gasteiger partial charge in [-0.1, -0.05) is 30.3 Å². The first-order valence-corrected chi connectivity index (χ1v) is 9.76. The fraction of sp³-hybridized carbons (Fsp3) is 0.182. The van der Waals surface area contributed by atoms with Gasteiger partial charge in [-0.25, -0.2) is 0 Å². The zero-order chi connectivity index (χ0) is 20.1. The Balaban J connectivity index is 1.64. The van der Waals surface area contributed by atoms with E-state index in [1.54, 1.807) is 12.1 Å². The largest absolute Gasteiger partial charge is 0.483 e. The van der Waals surface area contributed by atoms with Crippen molar-refractivity contribution in [3.8, 4) is 5.75 Å². The van der Waals surface area contributed by atoms with Crippen molar-refractivity contribution in [3.63, 3.8) is 0 Å². The van der Waals surface area contributed by atoms with Crippen LogP contribution in [0.3, 0.4) is 0 Å². The van der Waals surface area contributed by atoms with Gasteiger partial charge >= 0.3 is 0 Å². The minimum Gasteiger partial charge on any atom is -0.483 e. The van der Waals surface area contributed by atoms with Crippen LogP contribution >= 0.6 is 11.3 Å². The molecule has 2 aromatic carbocycles. The lowest BCUT2D eigenvalue weighted by Gasteiger charge is -2.14. The predicted octanol–water partition coefficient (Wildman–Crippen LogP) is 4.94. The number of carbonyl (C=O) groups is 2. The minimum absolute atomic E-state index is 0.0864. The highest BCUT2D eigenvalue weighted by molar-refractivity contribution is 7.12. The molecule has 144 valence electrons. The molecule has 0 aliphatic heterocycles. The van der Waals surface area contributed by atoms with Crippen LogP contribution in [0.4, 0.5) is 11.4 Å². The molecule has 2 amide bonds. The first kappa shape index (κ1) is 19.6. The Morgan fingerprint density at radius 3 is 2.36 bits per heavy atom. The number of amides is 2. The summed E-state index contributed by atoms with van der Waals surface area (Å²) in [5.74, 6) is 0.299. The number of nitrogens with one attached hydrogen (secondary N) is 2. The minimum atomic E-state index is -0.257. The van der Waals surface area contributed by atoms with Crippen LogP contribution in [0.5, 0.6) is 5.75 Å². The summed E-state index contributed by atoms with van der Waals surface area (Å²) >= 11 is 1.38. The maximum absolute atomic E-state index is 12.4. The molecule has 0 radical (unpaired) electrons. The fourth-order valence-electron chi connectivity index (χ4n) is 2.79. The summed E-state index contributed by atoms with van der Waals surface area (Å²) in [6, 6.07) is 14.9. The number of carbonyl (C=O) groups excluding carboxylic acids is 2. The van der Waals surface area contributed by atoms with Gasteiger partial charge in [-0.05, 0) is 61.0 Å². The molecule has 0 aliphatic rings. The quantitative estimate of drug-likeness (QED) is 0.622. The number of anilines is 2. The smallest absolute Gasteiger partial charge is 0.265 e. The Morgan fingerprint density at radius 1 is 0.929 bits per heavy atom. The molecule has 0 aliphatic carbocycles. The molecule has 0 atom stereocenters. The van der Waals surface area contributed by atoms with Gasteiger partial charge in [0, 0.05) is 11.4 Å². The van der Waals surface area contributed by atoms with Crippen molar-refractivity contribution in [1.29, 1.82) is 0 Å². The summed E-state index contributed by atoms with van der Waals surface area (Å²) in [4.78, 5) is 25.2. The zero-order valence-electron chi connectivity index (χ0n) is 16.0. The molecule has 28 heavy (non-hydrogen) atoms. The lowest BCUT2D eigenvalue weighted by molar-refractivity contribution is -0.118. The highest BCUT2D eigenvalue weighted by Gasteiger charge is 2.11. The lowest BCUT2D eigenvalue weighted by atomic mass is 10.1. The van der Waals surface area contributed by atoms with E-state index in [4.69, 9.17) is 4.74 Å². The number of hydrogen-bond donors (Lipinski definition) is 2. The van der Waals surface area contributed by atoms with Gasteiger partial charge in [0.1, 0.15) is 5.75 Å². The van der Waals surface area contributed by atoms with Gasteiger partial charge in [-0.3, -0.25) is 9.59 Å². The SMILES string of the molecule is Cc1ccc(NC(=O)c2cccs2)cc1NC(=O)COc1c(C)cccc1C. The Labute approximate surface area is 168 Å². The third-order valence-corrected chi connectivity index (χ3v) is 5.14. The summed E-state index contributed by atoms with van der Waals surface area (Å²) in [6.07, 6.45) is 0. The van der Waals surface area contributed by atoms with E-state index >= 15 is 0 Å². The van der Waals surface area contributed by atoms with Gasteiger partial charge in [0.05, 0.1) is 4.88 Å². The van der Waals surface area contributed by atoms with E-state index in [1.807, 2.05) is 62.5 Å². The molecule has 0 unspecified atom stereocenters. The van der Waals surface area contributed by atoms with E-state index in [0.29, 0.717) is 16.3 Å². The molecule has 0 bridgehead atoms. The first-order valence-electron chi connectivity index (χ1n) is 8.88. The van der Waals surface area contributed by atoms with Crippen molar-refractivity contribution in [2.45, 2.75) is 20.8 Å². The van der Waals surface area contributed by atoms with E-state index in [9.17, 15) is 9.59 Å². The van der Waals surface area contributed by atoms with E-state index in [2.05, 4.69) is 10.6 Å². The van der Waals surface area contributed by atoms with Gasteiger partial charge in [-0.2, -0.15) is 0 Å². The van der Waals surface area contributed by atoms with Crippen molar-refractivity contribution in [1.82, 2.24) is 0 Å². The lowest BCUT2D eigenvalue weighted by Crippen LogP contribution is -2.21. The molecular formula is C22H22N2O3S. The Kier molecular flexibility index (Phi) is 6.11. The van der Waals surface area contributed by atoms with Crippen molar-refractivity contribution in [3.05, 3.63) is 75.5 Å². The second-order valence-electron chi connectivity index (χ2n) is 6.52. The number of hydrogen-bond acceptors (Lipinski definition) is 4. The van der Waals surface area contributed by atoms with Crippen LogP contribution in [0.2, 0.25) is 0 Å². The fourth-order valence-corrected chi connectivity index (χ4v) is 3.40. The number of thiophene rings is 1. The third kappa shape index (κ3) is 4.78. The predicted molar refractivity (Wildman–Crippen MR) is 113 cm³/mol. The van der Waals surface area contributed by atoms with Crippen LogP contribution in [0.25, 0.3) is 0 Å². The van der Waals surface area contributed by atoms with Crippen molar-refractivity contribution in [2.24, 2.45) is 0 Å². The maximum atomic E-state index is 12.4. The number of benzene rings is 2. The molecule has 3 aromatic rings. The van der Waals surface area contributed by atoms with Crippen molar-refractivity contribution in [2.75, 3.05) is 17.2 Å². The molecule has 1 aromatic heterocycles. The van der Waals surface area contributed by atoms with Crippen LogP contribution in [-0.2, 0) is 4.79 Å². The van der Waals surface area contributed by atoms with Crippen molar-refractivity contribution < 1.29 is 14.3 Å². The third-order valence-electron chi connectivity index (χ3n) is 4.27. The van der Waals surface area contributed by atoms with Crippen molar-refractivity contribution >= 4 is 34.5 Å². The van der Waals surface area contributed by atoms with Crippen LogP contribution in [0.15, 0.2) is 53.9 Å². The molecule has 0 fully saturated rings. The first-order chi connectivity index (χ1) is 13.4. The standard InChI is InChI=1S/C22H22N2O3S/c1-14-9-10-17(23-22(26)19-8-5-11-28-19)12-18(14)24-20(25)13-27-21-15(2)6-4-7-16(21)3/h4-12H,13H2,1-3H3,(H,23,26)(H,24,25). The number of rotatable bonds is 6. The highest BCUT2D eigenvalue weighted by Crippen LogP contribution is 2.23. The molecule has 5 nitrogen and oxygen atoms in total. The summed E-state index contributed by atoms with van der Waals surface area (Å²) in [5.41, 5.74) is 4.13. The van der Waals surface area contributed by atoms with E-state index in [0.717, 1.165) is 22.4 Å². The van der Waals surface area contributed by atoms with Gasteiger partial charge in [0.2, 0.25) is 0 Å². The molecule has 2 N–H and O–H groups in total. The number of para-hydroxylation sites is 1. The van der Waals surface area contributed by atoms with Crippen LogP contribution in [-0.4, -0.2) is 18.4 Å². The summed E-state index contributed by atoms with van der Waals surface area (Å²) in [7, 11) is 0. The molecule has 0 spiro atoms. The van der Waals surface area contributed by atoms with E-state index < -0.39 is 0 Å². The Bertz CT molecular complexity index is 977. The molecular weight excluding hydrogens is 372 g/mol. The topological polar surface area (TPSA) is 67.4 Å². The summed E-state index contributed by atoms with van der Waals surface area (Å²) < 4.78 is 5.70. The normalized spacial score (nSPS) is 10.4. The van der Waals surface area contributed by atoms with Gasteiger partial charge < -0.3 is 15.4 Å². The van der Waals surface area contributed by atoms with Crippen LogP contribution < -0.4 is 15.4 Å². The molecule has 0 saturated heterocycles. The highest BCUT2D eigenvalue weighted by atomic mass is 32.1. The van der Waals surface area contributed by atoms with Gasteiger partial charge in [0.25, 0.3) is 11.8 Å². The van der Waals surface area contributed by atoms with Crippen LogP contribution in [0, 0.1) is 20.8 Å². The Morgan fingerprint density at radius 2 is 1.68 bits per heavy atom. The molecule has 6 heteroatoms. The van der Waals surface area contributed by atoms with Crippen LogP contribution in [0.1, 0.15) is 26.4 Å². The summed E-state index contributed by atoms with van der Waals surface area (Å²) in [6.45, 7) is 5.71. The van der Waals surface area contributed by atoms with E-state index in [1.165, 1.54) is 11.3 Å². The average Bonchev–Trinajstić information content (AvgIpc) is 3.19. The zero-order valence-corrected chi connectivity index (χ0v) is 16.9. The Hall–Kier alpha value is -3.12. The van der Waals surface area contributed by atoms with Gasteiger partial charge in [-0.15, -0.1) is 11.3 Å².